The summed E-state index contributed by atoms with van der Waals surface area (Å²) in [5.74, 6) is 0.293. The number of likely N-dealkylation sites (N-methyl/N-ethyl adjacent to an activating group) is 1. The van der Waals surface area contributed by atoms with Crippen molar-refractivity contribution in [2.24, 2.45) is 5.73 Å². The normalized spacial score (nSPS) is 18.7. The van der Waals surface area contributed by atoms with E-state index in [0.717, 1.165) is 12.1 Å². The fraction of sp³-hybridized carbons (Fsp3) is 0.588. The number of hydrogen-bond acceptors (Lipinski definition) is 2. The van der Waals surface area contributed by atoms with Crippen LogP contribution in [0.3, 0.4) is 0 Å². The Morgan fingerprint density at radius 3 is 2.35 bits per heavy atom. The van der Waals surface area contributed by atoms with Crippen molar-refractivity contribution in [3.8, 4) is 0 Å². The number of amidine groups is 1. The van der Waals surface area contributed by atoms with Crippen molar-refractivity contribution in [1.29, 1.82) is 5.41 Å². The Hall–Kier alpha value is -1.35. The van der Waals surface area contributed by atoms with Crippen LogP contribution in [0.15, 0.2) is 30.3 Å². The second-order valence-electron chi connectivity index (χ2n) is 6.00. The van der Waals surface area contributed by atoms with Crippen molar-refractivity contribution in [1.82, 2.24) is 4.90 Å². The quantitative estimate of drug-likeness (QED) is 0.491. The van der Waals surface area contributed by atoms with Gasteiger partial charge in [0.05, 0.1) is 11.8 Å². The van der Waals surface area contributed by atoms with Crippen LogP contribution in [0.25, 0.3) is 0 Å². The van der Waals surface area contributed by atoms with Crippen LogP contribution in [0.1, 0.15) is 50.0 Å². The van der Waals surface area contributed by atoms with Gasteiger partial charge in [-0.25, -0.2) is 0 Å². The van der Waals surface area contributed by atoms with Gasteiger partial charge < -0.3 is 10.6 Å². The third-order valence-electron chi connectivity index (χ3n) is 4.50. The van der Waals surface area contributed by atoms with Crippen molar-refractivity contribution < 1.29 is 0 Å². The van der Waals surface area contributed by atoms with Crippen molar-refractivity contribution in [3.05, 3.63) is 35.9 Å². The summed E-state index contributed by atoms with van der Waals surface area (Å²) < 4.78 is 0. The summed E-state index contributed by atoms with van der Waals surface area (Å²) in [6, 6.07) is 10.9. The Balaban J connectivity index is 2.02. The summed E-state index contributed by atoms with van der Waals surface area (Å²) in [7, 11) is 2.19. The Bertz CT molecular complexity index is 408. The van der Waals surface area contributed by atoms with Gasteiger partial charge in [-0.15, -0.1) is 0 Å². The minimum absolute atomic E-state index is 0.0180. The summed E-state index contributed by atoms with van der Waals surface area (Å²) in [6.07, 6.45) is 8.00. The highest BCUT2D eigenvalue weighted by Gasteiger charge is 2.22. The Kier molecular flexibility index (Phi) is 5.60. The number of nitrogens with zero attached hydrogens (tertiary/aromatic N) is 1. The zero-order chi connectivity index (χ0) is 14.4. The van der Waals surface area contributed by atoms with Gasteiger partial charge in [-0.05, 0) is 25.5 Å². The van der Waals surface area contributed by atoms with E-state index in [4.69, 9.17) is 11.1 Å². The van der Waals surface area contributed by atoms with E-state index in [1.165, 1.54) is 38.5 Å². The van der Waals surface area contributed by atoms with Gasteiger partial charge >= 0.3 is 0 Å². The predicted molar refractivity (Wildman–Crippen MR) is 85.2 cm³/mol. The summed E-state index contributed by atoms with van der Waals surface area (Å²) >= 11 is 0. The van der Waals surface area contributed by atoms with Crippen LogP contribution in [0, 0.1) is 5.41 Å². The van der Waals surface area contributed by atoms with Gasteiger partial charge in [-0.2, -0.15) is 0 Å². The molecule has 3 heteroatoms. The fourth-order valence-corrected chi connectivity index (χ4v) is 3.20. The molecule has 1 saturated carbocycles. The summed E-state index contributed by atoms with van der Waals surface area (Å²) in [5, 5.41) is 7.89. The zero-order valence-corrected chi connectivity index (χ0v) is 12.5. The molecule has 1 aliphatic rings. The number of rotatable bonds is 5. The van der Waals surface area contributed by atoms with Crippen LogP contribution < -0.4 is 5.73 Å². The average molecular weight is 273 g/mol. The first-order valence-corrected chi connectivity index (χ1v) is 7.77. The summed E-state index contributed by atoms with van der Waals surface area (Å²) in [6.45, 7) is 0.851. The molecule has 2 rings (SSSR count). The SMILES string of the molecule is CN(CC(C(=N)N)c1ccccc1)C1CCCCCC1. The van der Waals surface area contributed by atoms with Crippen LogP contribution >= 0.6 is 0 Å². The van der Waals surface area contributed by atoms with Crippen molar-refractivity contribution >= 4 is 5.84 Å². The van der Waals surface area contributed by atoms with E-state index in [0.29, 0.717) is 6.04 Å². The van der Waals surface area contributed by atoms with E-state index in [9.17, 15) is 0 Å². The van der Waals surface area contributed by atoms with Crippen molar-refractivity contribution in [2.75, 3.05) is 13.6 Å². The topological polar surface area (TPSA) is 53.1 Å². The van der Waals surface area contributed by atoms with Crippen LogP contribution in [-0.4, -0.2) is 30.4 Å². The van der Waals surface area contributed by atoms with Crippen molar-refractivity contribution in [3.63, 3.8) is 0 Å². The molecule has 0 spiro atoms. The molecule has 3 nitrogen and oxygen atoms in total. The second-order valence-corrected chi connectivity index (χ2v) is 6.00. The number of benzene rings is 1. The number of hydrogen-bond donors (Lipinski definition) is 2. The monoisotopic (exact) mass is 273 g/mol. The smallest absolute Gasteiger partial charge is 0.0995 e. The summed E-state index contributed by atoms with van der Waals surface area (Å²) in [4.78, 5) is 2.42. The molecule has 0 aliphatic heterocycles. The minimum Gasteiger partial charge on any atom is -0.387 e. The standard InChI is InChI=1S/C17H27N3/c1-20(15-11-7-2-3-8-12-15)13-16(17(18)19)14-9-5-4-6-10-14/h4-6,9-10,15-16H,2-3,7-8,11-13H2,1H3,(H3,18,19). The van der Waals surface area contributed by atoms with Gasteiger partial charge in [0.15, 0.2) is 0 Å². The lowest BCUT2D eigenvalue weighted by molar-refractivity contribution is 0.218. The zero-order valence-electron chi connectivity index (χ0n) is 12.5. The molecule has 0 saturated heterocycles. The predicted octanol–water partition coefficient (Wildman–Crippen LogP) is 3.36. The van der Waals surface area contributed by atoms with Gasteiger partial charge in [0.1, 0.15) is 0 Å². The molecule has 0 bridgehead atoms. The second kappa shape index (κ2) is 7.44. The van der Waals surface area contributed by atoms with E-state index < -0.39 is 0 Å². The highest BCUT2D eigenvalue weighted by atomic mass is 15.1. The molecule has 20 heavy (non-hydrogen) atoms. The van der Waals surface area contributed by atoms with Crippen molar-refractivity contribution in [2.45, 2.75) is 50.5 Å². The number of nitrogens with one attached hydrogen (secondary N) is 1. The molecule has 1 aromatic rings. The minimum atomic E-state index is 0.0180. The highest BCUT2D eigenvalue weighted by molar-refractivity contribution is 5.84. The molecule has 1 unspecified atom stereocenters. The van der Waals surface area contributed by atoms with E-state index in [1.807, 2.05) is 18.2 Å². The lowest BCUT2D eigenvalue weighted by atomic mass is 9.96. The van der Waals surface area contributed by atoms with Gasteiger partial charge in [0, 0.05) is 12.6 Å². The molecule has 1 atom stereocenters. The molecule has 1 aromatic carbocycles. The maximum atomic E-state index is 7.89. The first-order chi connectivity index (χ1) is 9.68. The Labute approximate surface area is 122 Å². The lowest BCUT2D eigenvalue weighted by Crippen LogP contribution is -2.38. The third-order valence-corrected chi connectivity index (χ3v) is 4.50. The first kappa shape index (κ1) is 15.0. The van der Waals surface area contributed by atoms with Gasteiger partial charge in [0.25, 0.3) is 0 Å². The van der Waals surface area contributed by atoms with Gasteiger partial charge in [-0.3, -0.25) is 5.41 Å². The highest BCUT2D eigenvalue weighted by Crippen LogP contribution is 2.24. The van der Waals surface area contributed by atoms with Crippen LogP contribution in [-0.2, 0) is 0 Å². The van der Waals surface area contributed by atoms with E-state index in [2.05, 4.69) is 24.1 Å². The van der Waals surface area contributed by atoms with E-state index >= 15 is 0 Å². The van der Waals surface area contributed by atoms with E-state index in [1.54, 1.807) is 0 Å². The van der Waals surface area contributed by atoms with E-state index in [-0.39, 0.29) is 11.8 Å². The molecule has 0 amide bonds. The first-order valence-electron chi connectivity index (χ1n) is 7.77. The van der Waals surface area contributed by atoms with Crippen LogP contribution in [0.5, 0.6) is 0 Å². The third kappa shape index (κ3) is 4.07. The molecule has 0 heterocycles. The molecular formula is C17H27N3. The fourth-order valence-electron chi connectivity index (χ4n) is 3.20. The Morgan fingerprint density at radius 1 is 1.20 bits per heavy atom. The number of nitrogens with two attached hydrogens (primary N) is 1. The lowest BCUT2D eigenvalue weighted by Gasteiger charge is -2.30. The van der Waals surface area contributed by atoms with Crippen LogP contribution in [0.2, 0.25) is 0 Å². The molecule has 1 fully saturated rings. The molecule has 3 N–H and O–H groups in total. The molecule has 0 aromatic heterocycles. The van der Waals surface area contributed by atoms with Gasteiger partial charge in [0.2, 0.25) is 0 Å². The molecule has 110 valence electrons. The summed E-state index contributed by atoms with van der Waals surface area (Å²) in [5.41, 5.74) is 6.99. The molecule has 1 aliphatic carbocycles. The largest absolute Gasteiger partial charge is 0.387 e. The molecule has 0 radical (unpaired) electrons. The Morgan fingerprint density at radius 2 is 1.80 bits per heavy atom. The maximum absolute atomic E-state index is 7.89. The molecular weight excluding hydrogens is 246 g/mol. The van der Waals surface area contributed by atoms with Crippen LogP contribution in [0.4, 0.5) is 0 Å². The average Bonchev–Trinajstić information content (AvgIpc) is 2.74. The maximum Gasteiger partial charge on any atom is 0.0995 e. The van der Waals surface area contributed by atoms with Gasteiger partial charge in [-0.1, -0.05) is 56.0 Å².